The summed E-state index contributed by atoms with van der Waals surface area (Å²) in [5.74, 6) is -2.47. The van der Waals surface area contributed by atoms with Crippen molar-refractivity contribution in [3.05, 3.63) is 91.8 Å². The highest BCUT2D eigenvalue weighted by Gasteiger charge is 2.46. The zero-order valence-corrected chi connectivity index (χ0v) is 17.6. The molecule has 2 aromatic carbocycles. The normalized spacial score (nSPS) is 15.4. The van der Waals surface area contributed by atoms with E-state index >= 15 is 0 Å². The molecule has 0 radical (unpaired) electrons. The molecule has 9 heteroatoms. The maximum absolute atomic E-state index is 14.9. The van der Waals surface area contributed by atoms with E-state index in [9.17, 15) is 23.2 Å². The van der Waals surface area contributed by atoms with Gasteiger partial charge in [-0.05, 0) is 31.2 Å². The van der Waals surface area contributed by atoms with Gasteiger partial charge in [0, 0.05) is 12.5 Å². The van der Waals surface area contributed by atoms with Gasteiger partial charge in [0.15, 0.2) is 16.3 Å². The minimum absolute atomic E-state index is 0.0392. The Bertz CT molecular complexity index is 1510. The van der Waals surface area contributed by atoms with Crippen LogP contribution in [0.5, 0.6) is 0 Å². The summed E-state index contributed by atoms with van der Waals surface area (Å²) in [6.07, 6.45) is 0. The Hall–Kier alpha value is -3.72. The molecule has 3 heterocycles. The topological polar surface area (TPSA) is 80.5 Å². The van der Waals surface area contributed by atoms with Crippen LogP contribution in [0.4, 0.5) is 13.9 Å². The number of benzene rings is 2. The minimum atomic E-state index is -1.19. The van der Waals surface area contributed by atoms with E-state index in [1.807, 2.05) is 0 Å². The van der Waals surface area contributed by atoms with Crippen molar-refractivity contribution in [2.45, 2.75) is 19.9 Å². The summed E-state index contributed by atoms with van der Waals surface area (Å²) in [4.78, 5) is 44.6. The van der Waals surface area contributed by atoms with Gasteiger partial charge in [0.1, 0.15) is 23.3 Å². The lowest BCUT2D eigenvalue weighted by Gasteiger charge is -2.22. The van der Waals surface area contributed by atoms with Crippen LogP contribution in [0.1, 0.15) is 50.0 Å². The third kappa shape index (κ3) is 2.89. The molecule has 4 aromatic rings. The Morgan fingerprint density at radius 3 is 2.59 bits per heavy atom. The highest BCUT2D eigenvalue weighted by atomic mass is 32.1. The third-order valence-electron chi connectivity index (χ3n) is 5.34. The Balaban J connectivity index is 1.83. The predicted molar refractivity (Wildman–Crippen MR) is 114 cm³/mol. The number of aryl methyl sites for hydroxylation is 1. The maximum Gasteiger partial charge on any atom is 0.297 e. The largest absolute Gasteiger partial charge is 0.450 e. The maximum atomic E-state index is 14.9. The molecule has 0 saturated carbocycles. The number of thiazole rings is 1. The fourth-order valence-corrected chi connectivity index (χ4v) is 4.93. The SMILES string of the molecule is CC(=O)c1sc(N2C(=O)c3oc4ccc(F)cc4c(=O)c3[C@@H]2c2ccccc2F)nc1C. The molecule has 5 rings (SSSR count). The zero-order valence-electron chi connectivity index (χ0n) is 16.8. The quantitative estimate of drug-likeness (QED) is 0.418. The summed E-state index contributed by atoms with van der Waals surface area (Å²) in [6.45, 7) is 3.01. The second-order valence-corrected chi connectivity index (χ2v) is 8.36. The lowest BCUT2D eigenvalue weighted by Crippen LogP contribution is -2.30. The van der Waals surface area contributed by atoms with Crippen LogP contribution in [0, 0.1) is 18.6 Å². The third-order valence-corrected chi connectivity index (χ3v) is 6.60. The number of halogens is 2. The van der Waals surface area contributed by atoms with Crippen molar-refractivity contribution in [3.8, 4) is 0 Å². The van der Waals surface area contributed by atoms with Crippen LogP contribution in [0.15, 0.2) is 51.7 Å². The van der Waals surface area contributed by atoms with E-state index < -0.39 is 29.0 Å². The van der Waals surface area contributed by atoms with Gasteiger partial charge in [-0.1, -0.05) is 29.5 Å². The second kappa shape index (κ2) is 7.16. The van der Waals surface area contributed by atoms with Gasteiger partial charge >= 0.3 is 0 Å². The molecular formula is C23H14F2N2O4S. The molecular weight excluding hydrogens is 438 g/mol. The first-order valence-corrected chi connectivity index (χ1v) is 10.4. The van der Waals surface area contributed by atoms with Crippen LogP contribution in [-0.2, 0) is 0 Å². The van der Waals surface area contributed by atoms with Crippen molar-refractivity contribution in [2.75, 3.05) is 4.90 Å². The molecule has 0 bridgehead atoms. The molecule has 1 aliphatic heterocycles. The predicted octanol–water partition coefficient (Wildman–Crippen LogP) is 4.79. The number of Topliss-reactive ketones (excluding diaryl/α,β-unsaturated/α-hetero) is 1. The highest BCUT2D eigenvalue weighted by Crippen LogP contribution is 2.43. The smallest absolute Gasteiger partial charge is 0.297 e. The van der Waals surface area contributed by atoms with E-state index in [-0.39, 0.29) is 38.8 Å². The molecule has 32 heavy (non-hydrogen) atoms. The molecule has 0 unspecified atom stereocenters. The summed E-state index contributed by atoms with van der Waals surface area (Å²) in [5, 5.41) is 0.0754. The fourth-order valence-electron chi connectivity index (χ4n) is 3.95. The number of nitrogens with zero attached hydrogens (tertiary/aromatic N) is 2. The van der Waals surface area contributed by atoms with Crippen molar-refractivity contribution in [1.82, 2.24) is 4.98 Å². The molecule has 0 fully saturated rings. The van der Waals surface area contributed by atoms with Crippen LogP contribution in [-0.4, -0.2) is 16.7 Å². The molecule has 0 N–H and O–H groups in total. The van der Waals surface area contributed by atoms with Crippen LogP contribution < -0.4 is 10.3 Å². The van der Waals surface area contributed by atoms with Crippen LogP contribution in [0.2, 0.25) is 0 Å². The van der Waals surface area contributed by atoms with E-state index in [2.05, 4.69) is 4.98 Å². The number of anilines is 1. The molecule has 1 amide bonds. The number of carbonyl (C=O) groups excluding carboxylic acids is 2. The van der Waals surface area contributed by atoms with Gasteiger partial charge in [-0.15, -0.1) is 0 Å². The first-order chi connectivity index (χ1) is 15.3. The Morgan fingerprint density at radius 1 is 1.16 bits per heavy atom. The van der Waals surface area contributed by atoms with Gasteiger partial charge in [0.25, 0.3) is 5.91 Å². The highest BCUT2D eigenvalue weighted by molar-refractivity contribution is 7.17. The molecule has 6 nitrogen and oxygen atoms in total. The zero-order chi connectivity index (χ0) is 22.7. The number of carbonyl (C=O) groups is 2. The number of ketones is 1. The van der Waals surface area contributed by atoms with Crippen molar-refractivity contribution >= 4 is 39.1 Å². The number of hydrogen-bond acceptors (Lipinski definition) is 6. The van der Waals surface area contributed by atoms with Gasteiger partial charge in [-0.3, -0.25) is 19.3 Å². The molecule has 1 aliphatic rings. The number of rotatable bonds is 3. The minimum Gasteiger partial charge on any atom is -0.450 e. The Morgan fingerprint density at radius 2 is 1.91 bits per heavy atom. The molecule has 0 spiro atoms. The van der Waals surface area contributed by atoms with Gasteiger partial charge in [-0.25, -0.2) is 13.8 Å². The Kier molecular flexibility index (Phi) is 4.52. The monoisotopic (exact) mass is 452 g/mol. The van der Waals surface area contributed by atoms with Gasteiger partial charge in [-0.2, -0.15) is 0 Å². The summed E-state index contributed by atoms with van der Waals surface area (Å²) in [5.41, 5.74) is -0.224. The molecule has 1 atom stereocenters. The summed E-state index contributed by atoms with van der Waals surface area (Å²) < 4.78 is 34.4. The fraction of sp³-hybridized carbons (Fsp3) is 0.130. The number of amides is 1. The lowest BCUT2D eigenvalue weighted by molar-refractivity contribution is 0.0969. The summed E-state index contributed by atoms with van der Waals surface area (Å²) in [6, 6.07) is 7.95. The number of fused-ring (bicyclic) bond motifs is 2. The van der Waals surface area contributed by atoms with Crippen molar-refractivity contribution in [1.29, 1.82) is 0 Å². The van der Waals surface area contributed by atoms with Crippen molar-refractivity contribution in [3.63, 3.8) is 0 Å². The number of hydrogen-bond donors (Lipinski definition) is 0. The average Bonchev–Trinajstić information content (AvgIpc) is 3.27. The Labute approximate surface area is 183 Å². The van der Waals surface area contributed by atoms with Gasteiger partial charge in [0.2, 0.25) is 5.76 Å². The van der Waals surface area contributed by atoms with Crippen LogP contribution in [0.3, 0.4) is 0 Å². The molecule has 2 aromatic heterocycles. The van der Waals surface area contributed by atoms with Gasteiger partial charge < -0.3 is 4.42 Å². The lowest BCUT2D eigenvalue weighted by atomic mass is 9.98. The first-order valence-electron chi connectivity index (χ1n) is 9.60. The van der Waals surface area contributed by atoms with E-state index in [0.29, 0.717) is 10.6 Å². The van der Waals surface area contributed by atoms with Crippen molar-refractivity contribution in [2.24, 2.45) is 0 Å². The standard InChI is InChI=1S/C23H14F2N2O4S/c1-10-21(11(2)28)32-23(26-10)27-18(13-5-3-4-6-15(13)25)17-19(29)14-9-12(24)7-8-16(14)31-20(17)22(27)30/h3-9,18H,1-2H3/t18-/m0/s1. The van der Waals surface area contributed by atoms with Crippen LogP contribution >= 0.6 is 11.3 Å². The van der Waals surface area contributed by atoms with Crippen LogP contribution in [0.25, 0.3) is 11.0 Å². The number of aromatic nitrogens is 1. The van der Waals surface area contributed by atoms with Gasteiger partial charge in [0.05, 0.1) is 21.5 Å². The average molecular weight is 452 g/mol. The second-order valence-electron chi connectivity index (χ2n) is 7.38. The van der Waals surface area contributed by atoms with E-state index in [1.54, 1.807) is 13.0 Å². The van der Waals surface area contributed by atoms with Crippen molar-refractivity contribution < 1.29 is 22.8 Å². The van der Waals surface area contributed by atoms with E-state index in [1.165, 1.54) is 31.2 Å². The summed E-state index contributed by atoms with van der Waals surface area (Å²) >= 11 is 0.974. The molecule has 160 valence electrons. The molecule has 0 saturated heterocycles. The summed E-state index contributed by atoms with van der Waals surface area (Å²) in [7, 11) is 0. The van der Waals surface area contributed by atoms with E-state index in [0.717, 1.165) is 28.4 Å². The molecule has 0 aliphatic carbocycles. The van der Waals surface area contributed by atoms with E-state index in [4.69, 9.17) is 4.42 Å². The first kappa shape index (κ1) is 20.2.